The lowest BCUT2D eigenvalue weighted by atomic mass is 10.1. The van der Waals surface area contributed by atoms with Crippen molar-refractivity contribution in [2.24, 2.45) is 0 Å². The van der Waals surface area contributed by atoms with Crippen LogP contribution in [0, 0.1) is 18.3 Å². The van der Waals surface area contributed by atoms with Gasteiger partial charge in [-0.25, -0.2) is 9.78 Å². The zero-order valence-corrected chi connectivity index (χ0v) is 20.2. The summed E-state index contributed by atoms with van der Waals surface area (Å²) in [7, 11) is 0. The molecule has 10 nitrogen and oxygen atoms in total. The molecule has 0 spiro atoms. The molecule has 4 heterocycles. The number of nitriles is 1. The molecule has 1 aliphatic heterocycles. The van der Waals surface area contributed by atoms with E-state index in [2.05, 4.69) is 30.2 Å². The average Bonchev–Trinajstić information content (AvgIpc) is 3.42. The predicted molar refractivity (Wildman–Crippen MR) is 127 cm³/mol. The fourth-order valence-corrected chi connectivity index (χ4v) is 4.93. The first kappa shape index (κ1) is 23.7. The Bertz CT molecular complexity index is 1240. The van der Waals surface area contributed by atoms with Crippen molar-refractivity contribution in [1.29, 1.82) is 5.26 Å². The number of carbonyl (C=O) groups excluding carboxylic acids is 2. The largest absolute Gasteiger partial charge is 0.462 e. The van der Waals surface area contributed by atoms with E-state index in [0.717, 1.165) is 0 Å². The number of hydrogen-bond acceptors (Lipinski definition) is 9. The molecule has 4 rings (SSSR count). The molecule has 34 heavy (non-hydrogen) atoms. The molecule has 3 aromatic rings. The molecular formula is C22H22ClN7O3S. The number of aromatic amines is 1. The van der Waals surface area contributed by atoms with Crippen molar-refractivity contribution in [2.75, 3.05) is 24.6 Å². The number of nitrogens with one attached hydrogen (secondary N) is 2. The molecule has 0 saturated carbocycles. The summed E-state index contributed by atoms with van der Waals surface area (Å²) in [5.41, 5.74) is 1.87. The quantitative estimate of drug-likeness (QED) is 0.492. The number of thiazole rings is 1. The van der Waals surface area contributed by atoms with Crippen LogP contribution >= 0.6 is 22.9 Å². The van der Waals surface area contributed by atoms with E-state index in [-0.39, 0.29) is 34.8 Å². The molecule has 3 aromatic heterocycles. The Labute approximate surface area is 205 Å². The highest BCUT2D eigenvalue weighted by molar-refractivity contribution is 7.17. The predicted octanol–water partition coefficient (Wildman–Crippen LogP) is 3.34. The van der Waals surface area contributed by atoms with Crippen molar-refractivity contribution in [1.82, 2.24) is 25.3 Å². The second-order valence-corrected chi connectivity index (χ2v) is 9.00. The molecule has 1 fully saturated rings. The van der Waals surface area contributed by atoms with E-state index < -0.39 is 5.97 Å². The van der Waals surface area contributed by atoms with Gasteiger partial charge in [-0.2, -0.15) is 5.26 Å². The Hall–Kier alpha value is -3.49. The van der Waals surface area contributed by atoms with Crippen LogP contribution in [0.5, 0.6) is 0 Å². The highest BCUT2D eigenvalue weighted by atomic mass is 35.5. The third kappa shape index (κ3) is 4.73. The first-order chi connectivity index (χ1) is 16.4. The lowest BCUT2D eigenvalue weighted by molar-refractivity contribution is 0.0532. The Morgan fingerprint density at radius 2 is 2.15 bits per heavy atom. The van der Waals surface area contributed by atoms with Crippen molar-refractivity contribution in [2.45, 2.75) is 32.7 Å². The van der Waals surface area contributed by atoms with Crippen LogP contribution in [0.25, 0.3) is 11.4 Å². The molecule has 176 valence electrons. The molecule has 1 aliphatic rings. The standard InChI is InChI=1S/C22H22ClN7O3S/c1-3-33-21(32)19-18(15-11-25-6-7-26-15)29-22(34-19)30-8-4-13(5-9-30)28-20(31)17-14(10-24)16(23)12(2)27-17/h6-7,11,13,27H,3-5,8-9H2,1-2H3,(H,28,31). The van der Waals surface area contributed by atoms with Gasteiger partial charge in [-0.05, 0) is 26.7 Å². The number of halogens is 1. The molecule has 1 amide bonds. The number of aromatic nitrogens is 4. The Morgan fingerprint density at radius 3 is 2.79 bits per heavy atom. The maximum atomic E-state index is 12.7. The van der Waals surface area contributed by atoms with E-state index in [0.29, 0.717) is 53.0 Å². The van der Waals surface area contributed by atoms with Crippen molar-refractivity contribution in [3.8, 4) is 17.5 Å². The van der Waals surface area contributed by atoms with Gasteiger partial charge in [0.25, 0.3) is 5.91 Å². The fourth-order valence-electron chi connectivity index (χ4n) is 3.72. The number of aryl methyl sites for hydroxylation is 1. The second kappa shape index (κ2) is 10.2. The summed E-state index contributed by atoms with van der Waals surface area (Å²) >= 11 is 7.36. The van der Waals surface area contributed by atoms with Crippen LogP contribution in [0.2, 0.25) is 5.02 Å². The van der Waals surface area contributed by atoms with E-state index >= 15 is 0 Å². The van der Waals surface area contributed by atoms with Crippen molar-refractivity contribution in [3.63, 3.8) is 0 Å². The number of amides is 1. The number of nitrogens with zero attached hydrogens (tertiary/aromatic N) is 5. The molecular weight excluding hydrogens is 478 g/mol. The molecule has 0 bridgehead atoms. The summed E-state index contributed by atoms with van der Waals surface area (Å²) in [6.45, 7) is 5.00. The summed E-state index contributed by atoms with van der Waals surface area (Å²) in [6, 6.07) is 1.92. The van der Waals surface area contributed by atoms with Crippen LogP contribution < -0.4 is 10.2 Å². The van der Waals surface area contributed by atoms with Gasteiger partial charge in [0.2, 0.25) is 0 Å². The van der Waals surface area contributed by atoms with Crippen LogP contribution in [0.4, 0.5) is 5.13 Å². The monoisotopic (exact) mass is 499 g/mol. The number of ether oxygens (including phenoxy) is 1. The summed E-state index contributed by atoms with van der Waals surface area (Å²) in [6.07, 6.45) is 6.02. The van der Waals surface area contributed by atoms with E-state index in [4.69, 9.17) is 16.3 Å². The van der Waals surface area contributed by atoms with Crippen LogP contribution in [-0.2, 0) is 4.74 Å². The van der Waals surface area contributed by atoms with Crippen molar-refractivity contribution in [3.05, 3.63) is 45.4 Å². The molecule has 1 saturated heterocycles. The fraction of sp³-hybridized carbons (Fsp3) is 0.364. The summed E-state index contributed by atoms with van der Waals surface area (Å²) in [4.78, 5) is 43.6. The number of esters is 1. The first-order valence-corrected chi connectivity index (χ1v) is 11.9. The van der Waals surface area contributed by atoms with Gasteiger partial charge in [-0.3, -0.25) is 14.8 Å². The third-order valence-corrected chi connectivity index (χ3v) is 7.00. The second-order valence-electron chi connectivity index (χ2n) is 7.65. The molecule has 0 unspecified atom stereocenters. The average molecular weight is 500 g/mol. The Balaban J connectivity index is 1.46. The van der Waals surface area contributed by atoms with Crippen molar-refractivity contribution >= 4 is 39.9 Å². The number of H-pyrrole nitrogens is 1. The molecule has 12 heteroatoms. The molecule has 2 N–H and O–H groups in total. The summed E-state index contributed by atoms with van der Waals surface area (Å²) in [5, 5.41) is 13.3. The minimum absolute atomic E-state index is 0.0679. The summed E-state index contributed by atoms with van der Waals surface area (Å²) < 4.78 is 5.20. The number of rotatable bonds is 6. The van der Waals surface area contributed by atoms with Gasteiger partial charge >= 0.3 is 5.97 Å². The minimum atomic E-state index is -0.442. The van der Waals surface area contributed by atoms with E-state index in [1.807, 2.05) is 6.07 Å². The van der Waals surface area contributed by atoms with Gasteiger partial charge in [-0.15, -0.1) is 0 Å². The zero-order chi connectivity index (χ0) is 24.2. The lowest BCUT2D eigenvalue weighted by Crippen LogP contribution is -2.45. The SMILES string of the molecule is CCOC(=O)c1sc(N2CCC(NC(=O)c3[nH]c(C)c(Cl)c3C#N)CC2)nc1-c1cnccn1. The topological polar surface area (TPSA) is 137 Å². The van der Waals surface area contributed by atoms with Crippen LogP contribution in [0.15, 0.2) is 18.6 Å². The minimum Gasteiger partial charge on any atom is -0.462 e. The van der Waals surface area contributed by atoms with E-state index in [9.17, 15) is 14.9 Å². The Morgan fingerprint density at radius 1 is 1.38 bits per heavy atom. The molecule has 0 aliphatic carbocycles. The summed E-state index contributed by atoms with van der Waals surface area (Å²) in [5.74, 6) is -0.795. The number of piperidine rings is 1. The highest BCUT2D eigenvalue weighted by Crippen LogP contribution is 2.34. The van der Waals surface area contributed by atoms with Gasteiger partial charge in [0.05, 0.1) is 17.8 Å². The molecule has 0 atom stereocenters. The Kier molecular flexibility index (Phi) is 7.09. The smallest absolute Gasteiger partial charge is 0.350 e. The van der Waals surface area contributed by atoms with Gasteiger partial charge < -0.3 is 19.9 Å². The van der Waals surface area contributed by atoms with Gasteiger partial charge in [0.15, 0.2) is 5.13 Å². The number of anilines is 1. The normalized spacial score (nSPS) is 14.0. The van der Waals surface area contributed by atoms with Crippen molar-refractivity contribution < 1.29 is 14.3 Å². The van der Waals surface area contributed by atoms with E-state index in [1.165, 1.54) is 11.3 Å². The maximum absolute atomic E-state index is 12.7. The van der Waals surface area contributed by atoms with Crippen LogP contribution in [0.1, 0.15) is 51.2 Å². The highest BCUT2D eigenvalue weighted by Gasteiger charge is 2.28. The number of hydrogen-bond donors (Lipinski definition) is 2. The third-order valence-electron chi connectivity index (χ3n) is 5.43. The lowest BCUT2D eigenvalue weighted by Gasteiger charge is -2.32. The molecule has 0 radical (unpaired) electrons. The van der Waals surface area contributed by atoms with Crippen LogP contribution in [-0.4, -0.2) is 57.6 Å². The van der Waals surface area contributed by atoms with Gasteiger partial charge in [0, 0.05) is 37.2 Å². The number of carbonyl (C=O) groups is 2. The first-order valence-electron chi connectivity index (χ1n) is 10.7. The zero-order valence-electron chi connectivity index (χ0n) is 18.6. The maximum Gasteiger partial charge on any atom is 0.350 e. The van der Waals surface area contributed by atoms with Gasteiger partial charge in [0.1, 0.15) is 33.6 Å². The van der Waals surface area contributed by atoms with Gasteiger partial charge in [-0.1, -0.05) is 22.9 Å². The molecule has 0 aromatic carbocycles. The van der Waals surface area contributed by atoms with Crippen LogP contribution in [0.3, 0.4) is 0 Å². The van der Waals surface area contributed by atoms with E-state index in [1.54, 1.807) is 32.4 Å².